The van der Waals surface area contributed by atoms with E-state index in [-0.39, 0.29) is 5.82 Å². The molecule has 0 aliphatic carbocycles. The zero-order valence-electron chi connectivity index (χ0n) is 13.2. The van der Waals surface area contributed by atoms with Gasteiger partial charge in [0.05, 0.1) is 17.1 Å². The van der Waals surface area contributed by atoms with Gasteiger partial charge in [-0.15, -0.1) is 10.2 Å². The van der Waals surface area contributed by atoms with Gasteiger partial charge >= 0.3 is 0 Å². The molecule has 1 aromatic heterocycles. The van der Waals surface area contributed by atoms with Crippen LogP contribution in [0.5, 0.6) is 0 Å². The van der Waals surface area contributed by atoms with Crippen LogP contribution in [-0.2, 0) is 6.42 Å². The number of hydrogen-bond acceptors (Lipinski definition) is 6. The maximum atomic E-state index is 13.1. The highest BCUT2D eigenvalue weighted by Gasteiger charge is 2.20. The first-order valence-corrected chi connectivity index (χ1v) is 8.53. The third-order valence-corrected chi connectivity index (χ3v) is 4.85. The highest BCUT2D eigenvalue weighted by Crippen LogP contribution is 2.31. The van der Waals surface area contributed by atoms with Crippen LogP contribution in [0, 0.1) is 5.82 Å². The van der Waals surface area contributed by atoms with Crippen LogP contribution in [0.25, 0.3) is 0 Å². The van der Waals surface area contributed by atoms with Gasteiger partial charge in [0.2, 0.25) is 5.16 Å². The molecule has 0 radical (unpaired) electrons. The summed E-state index contributed by atoms with van der Waals surface area (Å²) in [5.74, 6) is 0.541. The molecule has 0 amide bonds. The first kappa shape index (κ1) is 15.6. The molecule has 2 heterocycles. The molecule has 4 N–H and O–H groups in total. The molecule has 1 aliphatic rings. The van der Waals surface area contributed by atoms with Crippen molar-refractivity contribution in [2.45, 2.75) is 22.9 Å². The van der Waals surface area contributed by atoms with E-state index >= 15 is 0 Å². The fourth-order valence-corrected chi connectivity index (χ4v) is 3.43. The van der Waals surface area contributed by atoms with Gasteiger partial charge in [-0.1, -0.05) is 12.1 Å². The van der Waals surface area contributed by atoms with E-state index in [2.05, 4.69) is 15.3 Å². The van der Waals surface area contributed by atoms with Crippen molar-refractivity contribution < 1.29 is 4.39 Å². The maximum absolute atomic E-state index is 13.1. The van der Waals surface area contributed by atoms with Crippen LogP contribution < -0.4 is 11.5 Å². The number of nitrogens with zero attached hydrogens (tertiary/aromatic N) is 4. The molecule has 0 atom stereocenters. The summed E-state index contributed by atoms with van der Waals surface area (Å²) in [5.41, 5.74) is 14.5. The Labute approximate surface area is 147 Å². The molecule has 3 aromatic rings. The maximum Gasteiger partial charge on any atom is 0.216 e. The molecular weight excluding hydrogens is 339 g/mol. The van der Waals surface area contributed by atoms with Gasteiger partial charge in [0.1, 0.15) is 5.82 Å². The number of halogens is 1. The minimum absolute atomic E-state index is 0.262. The van der Waals surface area contributed by atoms with Crippen LogP contribution in [0.3, 0.4) is 0 Å². The number of aromatic nitrogens is 3. The van der Waals surface area contributed by atoms with Crippen LogP contribution in [0.2, 0.25) is 0 Å². The van der Waals surface area contributed by atoms with Gasteiger partial charge in [-0.05, 0) is 54.1 Å². The second kappa shape index (κ2) is 6.21. The van der Waals surface area contributed by atoms with E-state index in [1.807, 2.05) is 6.07 Å². The van der Waals surface area contributed by atoms with E-state index in [0.29, 0.717) is 16.5 Å². The molecule has 126 valence electrons. The van der Waals surface area contributed by atoms with Crippen molar-refractivity contribution in [1.29, 1.82) is 0 Å². The van der Waals surface area contributed by atoms with Crippen LogP contribution in [0.4, 0.5) is 15.8 Å². The van der Waals surface area contributed by atoms with Gasteiger partial charge in [-0.25, -0.2) is 4.39 Å². The van der Waals surface area contributed by atoms with Gasteiger partial charge in [0, 0.05) is 11.3 Å². The molecule has 0 unspecified atom stereocenters. The summed E-state index contributed by atoms with van der Waals surface area (Å²) in [7, 11) is 0. The average Bonchev–Trinajstić information content (AvgIpc) is 3.01. The summed E-state index contributed by atoms with van der Waals surface area (Å²) in [6, 6.07) is 11.8. The van der Waals surface area contributed by atoms with E-state index in [1.165, 1.54) is 23.9 Å². The Hall–Kier alpha value is -2.87. The summed E-state index contributed by atoms with van der Waals surface area (Å²) in [6.45, 7) is 0. The zero-order chi connectivity index (χ0) is 17.4. The van der Waals surface area contributed by atoms with Crippen LogP contribution >= 0.6 is 11.8 Å². The van der Waals surface area contributed by atoms with Crippen molar-refractivity contribution in [3.05, 3.63) is 59.7 Å². The molecule has 1 aliphatic heterocycles. The minimum atomic E-state index is -0.262. The molecule has 25 heavy (non-hydrogen) atoms. The molecular formula is C17H15FN6S. The third-order valence-electron chi connectivity index (χ3n) is 3.93. The summed E-state index contributed by atoms with van der Waals surface area (Å²) in [6.07, 6.45) is 1.47. The number of rotatable bonds is 3. The summed E-state index contributed by atoms with van der Waals surface area (Å²) in [5, 5.41) is 13.7. The number of anilines is 2. The van der Waals surface area contributed by atoms with E-state index in [9.17, 15) is 4.39 Å². The Bertz CT molecular complexity index is 964. The second-order valence-electron chi connectivity index (χ2n) is 5.66. The highest BCUT2D eigenvalue weighted by molar-refractivity contribution is 7.99. The summed E-state index contributed by atoms with van der Waals surface area (Å²) < 4.78 is 14.9. The lowest BCUT2D eigenvalue weighted by molar-refractivity contribution is 0.627. The van der Waals surface area contributed by atoms with Crippen molar-refractivity contribution in [3.63, 3.8) is 0 Å². The Morgan fingerprint density at radius 3 is 2.52 bits per heavy atom. The Balaban J connectivity index is 1.66. The molecule has 0 bridgehead atoms. The van der Waals surface area contributed by atoms with E-state index in [0.717, 1.165) is 34.8 Å². The lowest BCUT2D eigenvalue weighted by atomic mass is 10.0. The van der Waals surface area contributed by atoms with Gasteiger partial charge in [-0.2, -0.15) is 9.78 Å². The van der Waals surface area contributed by atoms with Crippen LogP contribution in [0.15, 0.2) is 57.6 Å². The van der Waals surface area contributed by atoms with Crippen molar-refractivity contribution in [1.82, 2.24) is 14.9 Å². The second-order valence-corrected chi connectivity index (χ2v) is 6.70. The highest BCUT2D eigenvalue weighted by atomic mass is 32.2. The smallest absolute Gasteiger partial charge is 0.216 e. The summed E-state index contributed by atoms with van der Waals surface area (Å²) in [4.78, 5) is 0.908. The van der Waals surface area contributed by atoms with E-state index < -0.39 is 0 Å². The number of nitrogen functional groups attached to an aromatic ring is 2. The molecule has 0 spiro atoms. The van der Waals surface area contributed by atoms with Gasteiger partial charge < -0.3 is 11.5 Å². The zero-order valence-corrected chi connectivity index (χ0v) is 14.0. The first-order valence-electron chi connectivity index (χ1n) is 7.71. The van der Waals surface area contributed by atoms with Gasteiger partial charge in [-0.3, -0.25) is 0 Å². The third kappa shape index (κ3) is 3.08. The molecule has 4 rings (SSSR count). The van der Waals surface area contributed by atoms with Gasteiger partial charge in [0.15, 0.2) is 5.82 Å². The molecule has 0 saturated carbocycles. The number of benzene rings is 2. The Morgan fingerprint density at radius 2 is 1.76 bits per heavy atom. The quantitative estimate of drug-likeness (QED) is 0.705. The van der Waals surface area contributed by atoms with Crippen LogP contribution in [0.1, 0.15) is 17.8 Å². The van der Waals surface area contributed by atoms with E-state index in [4.69, 9.17) is 11.5 Å². The van der Waals surface area contributed by atoms with Crippen molar-refractivity contribution in [3.8, 4) is 0 Å². The topological polar surface area (TPSA) is 95.1 Å². The lowest BCUT2D eigenvalue weighted by Crippen LogP contribution is -2.15. The van der Waals surface area contributed by atoms with Gasteiger partial charge in [0.25, 0.3) is 0 Å². The largest absolute Gasteiger partial charge is 0.397 e. The SMILES string of the molecule is Nc1ccc(Sc2nnc3n2N=C(c2ccc(F)cc2)CC3)cc1N. The number of aryl methyl sites for hydroxylation is 1. The predicted molar refractivity (Wildman–Crippen MR) is 96.1 cm³/mol. The van der Waals surface area contributed by atoms with E-state index in [1.54, 1.807) is 28.9 Å². The minimum Gasteiger partial charge on any atom is -0.397 e. The van der Waals surface area contributed by atoms with Crippen molar-refractivity contribution in [2.24, 2.45) is 5.10 Å². The molecule has 8 heteroatoms. The molecule has 6 nitrogen and oxygen atoms in total. The fourth-order valence-electron chi connectivity index (χ4n) is 2.58. The standard InChI is InChI=1S/C17H15FN6S/c18-11-3-1-10(2-4-11)15-7-8-16-21-22-17(24(16)23-15)25-12-5-6-13(19)14(20)9-12/h1-6,9H,7-8,19-20H2. The number of hydrogen-bond donors (Lipinski definition) is 2. The number of nitrogens with two attached hydrogens (primary N) is 2. The Kier molecular flexibility index (Phi) is 3.89. The Morgan fingerprint density at radius 1 is 0.960 bits per heavy atom. The molecule has 0 saturated heterocycles. The normalized spacial score (nSPS) is 13.4. The molecule has 0 fully saturated rings. The molecule has 2 aromatic carbocycles. The number of fused-ring (bicyclic) bond motifs is 1. The monoisotopic (exact) mass is 354 g/mol. The predicted octanol–water partition coefficient (Wildman–Crippen LogP) is 2.93. The summed E-state index contributed by atoms with van der Waals surface area (Å²) >= 11 is 1.42. The average molecular weight is 354 g/mol. The van der Waals surface area contributed by atoms with Crippen molar-refractivity contribution >= 4 is 28.8 Å². The fraction of sp³-hybridized carbons (Fsp3) is 0.118. The van der Waals surface area contributed by atoms with Crippen molar-refractivity contribution in [2.75, 3.05) is 11.5 Å². The lowest BCUT2D eigenvalue weighted by Gasteiger charge is -2.14. The first-order chi connectivity index (χ1) is 12.1. The van der Waals surface area contributed by atoms with Crippen LogP contribution in [-0.4, -0.2) is 20.6 Å².